The zero-order valence-electron chi connectivity index (χ0n) is 9.95. The Balaban J connectivity index is 2.41. The van der Waals surface area contributed by atoms with Gasteiger partial charge in [-0.05, 0) is 24.3 Å². The van der Waals surface area contributed by atoms with Crippen LogP contribution < -0.4 is 9.88 Å². The number of benzene rings is 1. The van der Waals surface area contributed by atoms with Crippen LogP contribution in [-0.4, -0.2) is 13.4 Å². The minimum Gasteiger partial charge on any atom is -0.438 e. The predicted octanol–water partition coefficient (Wildman–Crippen LogP) is 1.53. The van der Waals surface area contributed by atoms with Gasteiger partial charge in [-0.1, -0.05) is 0 Å². The largest absolute Gasteiger partial charge is 0.438 e. The number of nitrogens with zero attached hydrogens (tertiary/aromatic N) is 2. The number of nitriles is 1. The van der Waals surface area contributed by atoms with Crippen molar-refractivity contribution >= 4 is 10.0 Å². The van der Waals surface area contributed by atoms with Gasteiger partial charge < -0.3 is 4.74 Å². The first-order valence-corrected chi connectivity index (χ1v) is 6.82. The number of pyridine rings is 1. The number of sulfonamides is 1. The fourth-order valence-electron chi connectivity index (χ4n) is 1.43. The number of nitrogens with two attached hydrogens (primary N) is 1. The van der Waals surface area contributed by atoms with E-state index in [2.05, 4.69) is 4.98 Å². The molecular formula is C12H8FN3O3S. The summed E-state index contributed by atoms with van der Waals surface area (Å²) in [5, 5.41) is 13.6. The molecule has 0 saturated carbocycles. The summed E-state index contributed by atoms with van der Waals surface area (Å²) in [4.78, 5) is 3.43. The lowest BCUT2D eigenvalue weighted by atomic mass is 10.2. The van der Waals surface area contributed by atoms with Crippen molar-refractivity contribution in [3.05, 3.63) is 47.9 Å². The molecule has 2 aromatic rings. The van der Waals surface area contributed by atoms with Crippen LogP contribution in [0, 0.1) is 17.1 Å². The summed E-state index contributed by atoms with van der Waals surface area (Å²) in [5.74, 6) is -1.04. The number of ether oxygens (including phenoxy) is 1. The smallest absolute Gasteiger partial charge is 0.243 e. The normalized spacial score (nSPS) is 10.8. The molecule has 2 N–H and O–H groups in total. The molecule has 0 atom stereocenters. The Morgan fingerprint density at radius 2 is 2.10 bits per heavy atom. The summed E-state index contributed by atoms with van der Waals surface area (Å²) in [6.07, 6.45) is 1.31. The molecule has 102 valence electrons. The SMILES string of the molecule is N#Cc1ccc(Oc2ncccc2S(N)(=O)=O)cc1F. The Hall–Kier alpha value is -2.50. The van der Waals surface area contributed by atoms with Gasteiger partial charge in [-0.15, -0.1) is 0 Å². The molecule has 8 heteroatoms. The first-order valence-electron chi connectivity index (χ1n) is 5.27. The van der Waals surface area contributed by atoms with Gasteiger partial charge in [0.2, 0.25) is 15.9 Å². The third-order valence-corrected chi connectivity index (χ3v) is 3.24. The summed E-state index contributed by atoms with van der Waals surface area (Å²) >= 11 is 0. The van der Waals surface area contributed by atoms with Crippen molar-refractivity contribution in [1.29, 1.82) is 5.26 Å². The number of halogens is 1. The highest BCUT2D eigenvalue weighted by molar-refractivity contribution is 7.89. The van der Waals surface area contributed by atoms with Gasteiger partial charge in [0.25, 0.3) is 0 Å². The van der Waals surface area contributed by atoms with E-state index >= 15 is 0 Å². The highest BCUT2D eigenvalue weighted by Gasteiger charge is 2.17. The van der Waals surface area contributed by atoms with Gasteiger partial charge >= 0.3 is 0 Å². The molecule has 0 radical (unpaired) electrons. The predicted molar refractivity (Wildman–Crippen MR) is 66.8 cm³/mol. The lowest BCUT2D eigenvalue weighted by Gasteiger charge is -2.08. The van der Waals surface area contributed by atoms with Gasteiger partial charge in [0.05, 0.1) is 5.56 Å². The van der Waals surface area contributed by atoms with Crippen LogP contribution in [0.4, 0.5) is 4.39 Å². The number of hydrogen-bond donors (Lipinski definition) is 1. The molecule has 0 fully saturated rings. The molecule has 0 aliphatic carbocycles. The topological polar surface area (TPSA) is 106 Å². The standard InChI is InChI=1S/C12H8FN3O3S/c13-10-6-9(4-3-8(10)7-14)19-12-11(20(15,17)18)2-1-5-16-12/h1-6H,(H2,15,17,18). The molecule has 0 aliphatic heterocycles. The summed E-state index contributed by atoms with van der Waals surface area (Å²) in [6, 6.07) is 7.75. The van der Waals surface area contributed by atoms with Crippen LogP contribution in [0.1, 0.15) is 5.56 Å². The number of aromatic nitrogens is 1. The molecule has 0 saturated heterocycles. The average molecular weight is 293 g/mol. The van der Waals surface area contributed by atoms with E-state index in [0.29, 0.717) is 0 Å². The first kappa shape index (κ1) is 13.9. The van der Waals surface area contributed by atoms with Gasteiger partial charge in [0.1, 0.15) is 22.5 Å². The summed E-state index contributed by atoms with van der Waals surface area (Å²) in [6.45, 7) is 0. The van der Waals surface area contributed by atoms with E-state index in [0.717, 1.165) is 6.07 Å². The minimum atomic E-state index is -4.01. The third-order valence-electron chi connectivity index (χ3n) is 2.32. The number of primary sulfonamides is 1. The molecule has 1 heterocycles. The van der Waals surface area contributed by atoms with Crippen molar-refractivity contribution in [1.82, 2.24) is 4.98 Å². The molecule has 6 nitrogen and oxygen atoms in total. The second-order valence-corrected chi connectivity index (χ2v) is 5.24. The number of rotatable bonds is 3. The van der Waals surface area contributed by atoms with E-state index in [1.165, 1.54) is 30.5 Å². The zero-order chi connectivity index (χ0) is 14.8. The van der Waals surface area contributed by atoms with Crippen LogP contribution in [0.2, 0.25) is 0 Å². The van der Waals surface area contributed by atoms with Crippen molar-refractivity contribution in [2.24, 2.45) is 5.14 Å². The van der Waals surface area contributed by atoms with Gasteiger partial charge in [0.15, 0.2) is 0 Å². The van der Waals surface area contributed by atoms with E-state index in [-0.39, 0.29) is 22.1 Å². The monoisotopic (exact) mass is 293 g/mol. The maximum atomic E-state index is 13.4. The van der Waals surface area contributed by atoms with Crippen molar-refractivity contribution in [2.45, 2.75) is 4.90 Å². The minimum absolute atomic E-state index is 0.00472. The van der Waals surface area contributed by atoms with Crippen LogP contribution in [0.25, 0.3) is 0 Å². The Labute approximate surface area is 114 Å². The van der Waals surface area contributed by atoms with Gasteiger partial charge in [-0.25, -0.2) is 22.9 Å². The van der Waals surface area contributed by atoms with Gasteiger partial charge in [-0.2, -0.15) is 5.26 Å². The van der Waals surface area contributed by atoms with Crippen molar-refractivity contribution in [2.75, 3.05) is 0 Å². The highest BCUT2D eigenvalue weighted by Crippen LogP contribution is 2.26. The molecule has 0 amide bonds. The maximum absolute atomic E-state index is 13.4. The zero-order valence-corrected chi connectivity index (χ0v) is 10.8. The molecule has 0 bridgehead atoms. The fourth-order valence-corrected chi connectivity index (χ4v) is 2.04. The Bertz CT molecular complexity index is 800. The Morgan fingerprint density at radius 1 is 1.35 bits per heavy atom. The van der Waals surface area contributed by atoms with Crippen molar-refractivity contribution < 1.29 is 17.5 Å². The van der Waals surface area contributed by atoms with E-state index in [1.54, 1.807) is 6.07 Å². The quantitative estimate of drug-likeness (QED) is 0.923. The second kappa shape index (κ2) is 5.24. The van der Waals surface area contributed by atoms with E-state index in [1.807, 2.05) is 0 Å². The second-order valence-electron chi connectivity index (χ2n) is 3.71. The number of hydrogen-bond acceptors (Lipinski definition) is 5. The van der Waals surface area contributed by atoms with Crippen LogP contribution in [0.15, 0.2) is 41.4 Å². The molecule has 0 unspecified atom stereocenters. The molecule has 1 aromatic heterocycles. The van der Waals surface area contributed by atoms with Crippen LogP contribution in [-0.2, 0) is 10.0 Å². The van der Waals surface area contributed by atoms with E-state index < -0.39 is 15.8 Å². The van der Waals surface area contributed by atoms with Crippen LogP contribution in [0.5, 0.6) is 11.6 Å². The molecule has 0 aliphatic rings. The van der Waals surface area contributed by atoms with E-state index in [9.17, 15) is 12.8 Å². The maximum Gasteiger partial charge on any atom is 0.243 e. The fraction of sp³-hybridized carbons (Fsp3) is 0. The molecule has 0 spiro atoms. The summed E-state index contributed by atoms with van der Waals surface area (Å²) in [7, 11) is -4.01. The van der Waals surface area contributed by atoms with Crippen LogP contribution >= 0.6 is 0 Å². The summed E-state index contributed by atoms with van der Waals surface area (Å²) in [5.41, 5.74) is -0.148. The molecule has 20 heavy (non-hydrogen) atoms. The molecule has 2 rings (SSSR count). The highest BCUT2D eigenvalue weighted by atomic mass is 32.2. The summed E-state index contributed by atoms with van der Waals surface area (Å²) < 4.78 is 41.3. The molecular weight excluding hydrogens is 285 g/mol. The Morgan fingerprint density at radius 3 is 2.70 bits per heavy atom. The van der Waals surface area contributed by atoms with E-state index in [4.69, 9.17) is 15.1 Å². The lowest BCUT2D eigenvalue weighted by Crippen LogP contribution is -2.13. The van der Waals surface area contributed by atoms with Crippen LogP contribution in [0.3, 0.4) is 0 Å². The van der Waals surface area contributed by atoms with Crippen molar-refractivity contribution in [3.8, 4) is 17.7 Å². The average Bonchev–Trinajstić information content (AvgIpc) is 2.38. The van der Waals surface area contributed by atoms with Crippen molar-refractivity contribution in [3.63, 3.8) is 0 Å². The molecule has 1 aromatic carbocycles. The lowest BCUT2D eigenvalue weighted by molar-refractivity contribution is 0.443. The first-order chi connectivity index (χ1) is 9.41. The van der Waals surface area contributed by atoms with Gasteiger partial charge in [-0.3, -0.25) is 0 Å². The third kappa shape index (κ3) is 2.90. The van der Waals surface area contributed by atoms with Gasteiger partial charge in [0, 0.05) is 12.3 Å². The Kier molecular flexibility index (Phi) is 3.65.